The lowest BCUT2D eigenvalue weighted by atomic mass is 10.2. The van der Waals surface area contributed by atoms with Gasteiger partial charge in [-0.05, 0) is 42.9 Å². The molecule has 1 aromatic carbocycles. The Hall–Kier alpha value is -2.35. The van der Waals surface area contributed by atoms with E-state index in [1.54, 1.807) is 24.4 Å². The van der Waals surface area contributed by atoms with Gasteiger partial charge in [-0.1, -0.05) is 0 Å². The Morgan fingerprint density at radius 1 is 1.48 bits per heavy atom. The van der Waals surface area contributed by atoms with Gasteiger partial charge in [-0.3, -0.25) is 10.2 Å². The lowest BCUT2D eigenvalue weighted by Gasteiger charge is -2.09. The van der Waals surface area contributed by atoms with E-state index in [2.05, 4.69) is 15.8 Å². The summed E-state index contributed by atoms with van der Waals surface area (Å²) in [6.07, 6.45) is 1.59. The number of carbonyl (C=O) groups excluding carboxylic acids is 1. The molecule has 0 bridgehead atoms. The van der Waals surface area contributed by atoms with Gasteiger partial charge < -0.3 is 20.5 Å². The number of nitrogens with zero attached hydrogens (tertiary/aromatic N) is 1. The van der Waals surface area contributed by atoms with Crippen molar-refractivity contribution in [1.82, 2.24) is 10.7 Å². The van der Waals surface area contributed by atoms with Crippen LogP contribution in [0.1, 0.15) is 12.5 Å². The number of amides is 1. The number of rotatable bonds is 7. The van der Waals surface area contributed by atoms with Crippen molar-refractivity contribution in [2.75, 3.05) is 20.3 Å². The van der Waals surface area contributed by atoms with Crippen molar-refractivity contribution < 1.29 is 14.3 Å². The van der Waals surface area contributed by atoms with Crippen molar-refractivity contribution >= 4 is 29.5 Å². The van der Waals surface area contributed by atoms with Gasteiger partial charge in [0.25, 0.3) is 5.91 Å². The first-order chi connectivity index (χ1) is 10.1. The van der Waals surface area contributed by atoms with Crippen LogP contribution in [0.4, 0.5) is 0 Å². The highest BCUT2D eigenvalue weighted by Gasteiger charge is 2.06. The molecule has 1 rings (SSSR count). The van der Waals surface area contributed by atoms with Crippen molar-refractivity contribution in [3.63, 3.8) is 0 Å². The monoisotopic (exact) mass is 310 g/mol. The Kier molecular flexibility index (Phi) is 6.96. The van der Waals surface area contributed by atoms with E-state index >= 15 is 0 Å². The SMILES string of the molecule is CCNC(=S)NN=Cc1ccc(OCC(N)=O)c(OC)c1. The molecule has 0 unspecified atom stereocenters. The van der Waals surface area contributed by atoms with E-state index in [4.69, 9.17) is 27.4 Å². The van der Waals surface area contributed by atoms with Crippen LogP contribution in [0.15, 0.2) is 23.3 Å². The lowest BCUT2D eigenvalue weighted by Crippen LogP contribution is -2.31. The molecule has 0 aliphatic rings. The number of methoxy groups -OCH3 is 1. The van der Waals surface area contributed by atoms with Gasteiger partial charge in [0.15, 0.2) is 23.2 Å². The maximum absolute atomic E-state index is 10.7. The van der Waals surface area contributed by atoms with Crippen LogP contribution in [-0.2, 0) is 4.79 Å². The number of ether oxygens (including phenoxy) is 2. The molecule has 0 spiro atoms. The van der Waals surface area contributed by atoms with Crippen LogP contribution in [0.2, 0.25) is 0 Å². The molecule has 114 valence electrons. The van der Waals surface area contributed by atoms with Crippen LogP contribution in [-0.4, -0.2) is 37.5 Å². The van der Waals surface area contributed by atoms with Gasteiger partial charge in [0.1, 0.15) is 0 Å². The number of nitrogens with one attached hydrogen (secondary N) is 2. The van der Waals surface area contributed by atoms with Gasteiger partial charge >= 0.3 is 0 Å². The molecule has 0 aromatic heterocycles. The van der Waals surface area contributed by atoms with E-state index in [0.29, 0.717) is 16.6 Å². The zero-order valence-corrected chi connectivity index (χ0v) is 12.7. The van der Waals surface area contributed by atoms with Crippen LogP contribution in [0, 0.1) is 0 Å². The highest BCUT2D eigenvalue weighted by Crippen LogP contribution is 2.27. The molecule has 0 heterocycles. The van der Waals surface area contributed by atoms with Crippen molar-refractivity contribution in [3.05, 3.63) is 23.8 Å². The summed E-state index contributed by atoms with van der Waals surface area (Å²) in [6.45, 7) is 2.46. The fraction of sp³-hybridized carbons (Fsp3) is 0.308. The first kappa shape index (κ1) is 16.7. The zero-order chi connectivity index (χ0) is 15.7. The first-order valence-corrected chi connectivity index (χ1v) is 6.63. The highest BCUT2D eigenvalue weighted by atomic mass is 32.1. The lowest BCUT2D eigenvalue weighted by molar-refractivity contribution is -0.119. The number of hydrazone groups is 1. The van der Waals surface area contributed by atoms with E-state index in [0.717, 1.165) is 12.1 Å². The van der Waals surface area contributed by atoms with Crippen LogP contribution in [0.3, 0.4) is 0 Å². The Labute approximate surface area is 128 Å². The van der Waals surface area contributed by atoms with Gasteiger partial charge in [-0.25, -0.2) is 0 Å². The minimum Gasteiger partial charge on any atom is -0.493 e. The topological polar surface area (TPSA) is 98.0 Å². The maximum Gasteiger partial charge on any atom is 0.255 e. The number of hydrogen-bond acceptors (Lipinski definition) is 5. The molecule has 7 nitrogen and oxygen atoms in total. The average Bonchev–Trinajstić information content (AvgIpc) is 2.45. The second-order valence-electron chi connectivity index (χ2n) is 3.89. The molecule has 0 saturated carbocycles. The third-order valence-electron chi connectivity index (χ3n) is 2.27. The summed E-state index contributed by atoms with van der Waals surface area (Å²) in [4.78, 5) is 10.7. The molecule has 1 aromatic rings. The minimum atomic E-state index is -0.552. The highest BCUT2D eigenvalue weighted by molar-refractivity contribution is 7.80. The summed E-state index contributed by atoms with van der Waals surface area (Å²) in [7, 11) is 1.51. The molecule has 8 heteroatoms. The first-order valence-electron chi connectivity index (χ1n) is 6.22. The number of thiocarbonyl (C=S) groups is 1. The van der Waals surface area contributed by atoms with Crippen molar-refractivity contribution in [3.8, 4) is 11.5 Å². The van der Waals surface area contributed by atoms with Gasteiger partial charge in [0.05, 0.1) is 13.3 Å². The molecular weight excluding hydrogens is 292 g/mol. The molecule has 0 aliphatic carbocycles. The number of nitrogens with two attached hydrogens (primary N) is 1. The summed E-state index contributed by atoms with van der Waals surface area (Å²) in [5, 5.41) is 7.35. The number of primary amides is 1. The Balaban J connectivity index is 2.70. The second-order valence-corrected chi connectivity index (χ2v) is 4.30. The summed E-state index contributed by atoms with van der Waals surface area (Å²) < 4.78 is 10.4. The van der Waals surface area contributed by atoms with E-state index in [1.165, 1.54) is 7.11 Å². The van der Waals surface area contributed by atoms with Crippen molar-refractivity contribution in [2.24, 2.45) is 10.8 Å². The van der Waals surface area contributed by atoms with Gasteiger partial charge in [0.2, 0.25) is 0 Å². The molecular formula is C13H18N4O3S. The quantitative estimate of drug-likeness (QED) is 0.382. The predicted molar refractivity (Wildman–Crippen MR) is 84.7 cm³/mol. The van der Waals surface area contributed by atoms with Crippen molar-refractivity contribution in [1.29, 1.82) is 0 Å². The van der Waals surface area contributed by atoms with E-state index in [1.807, 2.05) is 6.92 Å². The van der Waals surface area contributed by atoms with E-state index < -0.39 is 5.91 Å². The van der Waals surface area contributed by atoms with Crippen LogP contribution in [0.5, 0.6) is 11.5 Å². The molecule has 1 amide bonds. The summed E-state index contributed by atoms with van der Waals surface area (Å²) >= 11 is 4.97. The van der Waals surface area contributed by atoms with Crippen LogP contribution < -0.4 is 25.9 Å². The van der Waals surface area contributed by atoms with E-state index in [9.17, 15) is 4.79 Å². The second kappa shape index (κ2) is 8.75. The molecule has 0 atom stereocenters. The third-order valence-corrected chi connectivity index (χ3v) is 2.51. The fourth-order valence-corrected chi connectivity index (χ4v) is 1.60. The maximum atomic E-state index is 10.7. The Morgan fingerprint density at radius 3 is 2.86 bits per heavy atom. The average molecular weight is 310 g/mol. The van der Waals surface area contributed by atoms with Crippen LogP contribution >= 0.6 is 12.2 Å². The van der Waals surface area contributed by atoms with Gasteiger partial charge in [0, 0.05) is 6.54 Å². The summed E-state index contributed by atoms with van der Waals surface area (Å²) in [5.41, 5.74) is 8.49. The van der Waals surface area contributed by atoms with Crippen molar-refractivity contribution in [2.45, 2.75) is 6.92 Å². The predicted octanol–water partition coefficient (Wildman–Crippen LogP) is 0.377. The molecule has 0 radical (unpaired) electrons. The van der Waals surface area contributed by atoms with Gasteiger partial charge in [-0.2, -0.15) is 5.10 Å². The van der Waals surface area contributed by atoms with Crippen LogP contribution in [0.25, 0.3) is 0 Å². The number of carbonyl (C=O) groups is 1. The normalized spacial score (nSPS) is 10.2. The number of hydrogen-bond donors (Lipinski definition) is 3. The summed E-state index contributed by atoms with van der Waals surface area (Å²) in [5.74, 6) is 0.364. The standard InChI is InChI=1S/C13H18N4O3S/c1-3-15-13(21)17-16-7-9-4-5-10(11(6-9)19-2)20-8-12(14)18/h4-7H,3,8H2,1-2H3,(H2,14,18)(H2,15,17,21). The molecule has 0 fully saturated rings. The molecule has 21 heavy (non-hydrogen) atoms. The zero-order valence-electron chi connectivity index (χ0n) is 11.9. The molecule has 0 saturated heterocycles. The smallest absolute Gasteiger partial charge is 0.255 e. The molecule has 0 aliphatic heterocycles. The number of benzene rings is 1. The van der Waals surface area contributed by atoms with Gasteiger partial charge in [-0.15, -0.1) is 0 Å². The molecule has 4 N–H and O–H groups in total. The minimum absolute atomic E-state index is 0.206. The largest absolute Gasteiger partial charge is 0.493 e. The Morgan fingerprint density at radius 2 is 2.24 bits per heavy atom. The summed E-state index contributed by atoms with van der Waals surface area (Å²) in [6, 6.07) is 5.16. The Bertz CT molecular complexity index is 534. The van der Waals surface area contributed by atoms with E-state index in [-0.39, 0.29) is 6.61 Å². The third kappa shape index (κ3) is 6.09. The fourth-order valence-electron chi connectivity index (χ4n) is 1.40.